The molecule has 0 amide bonds. The first kappa shape index (κ1) is 12.2. The van der Waals surface area contributed by atoms with Crippen molar-refractivity contribution in [2.75, 3.05) is 0 Å². The van der Waals surface area contributed by atoms with E-state index in [2.05, 4.69) is 76.2 Å². The van der Waals surface area contributed by atoms with Gasteiger partial charge in [-0.3, -0.25) is 0 Å². The third-order valence-corrected chi connectivity index (χ3v) is 5.24. The van der Waals surface area contributed by atoms with Crippen LogP contribution < -0.4 is 0 Å². The molecule has 0 N–H and O–H groups in total. The average molecular weight is 261 g/mol. The Balaban J connectivity index is 1.98. The van der Waals surface area contributed by atoms with Crippen molar-refractivity contribution in [1.29, 1.82) is 0 Å². The maximum absolute atomic E-state index is 2.37. The van der Waals surface area contributed by atoms with Crippen LogP contribution in [0.4, 0.5) is 0 Å². The van der Waals surface area contributed by atoms with Crippen LogP contribution in [0.5, 0.6) is 0 Å². The van der Waals surface area contributed by atoms with Gasteiger partial charge in [0.25, 0.3) is 0 Å². The van der Waals surface area contributed by atoms with Crippen LogP contribution in [-0.4, -0.2) is 0 Å². The molecule has 0 aromatic heterocycles. The Bertz CT molecular complexity index is 664. The summed E-state index contributed by atoms with van der Waals surface area (Å²) in [6.45, 7) is 9.47. The number of hydrogen-bond donors (Lipinski definition) is 0. The van der Waals surface area contributed by atoms with Crippen LogP contribution in [-0.2, 0) is 5.41 Å². The van der Waals surface area contributed by atoms with Crippen molar-refractivity contribution in [3.8, 4) is 0 Å². The molecule has 2 aromatic carbocycles. The fourth-order valence-electron chi connectivity index (χ4n) is 4.64. The van der Waals surface area contributed by atoms with Gasteiger partial charge in [-0.2, -0.15) is 0 Å². The summed E-state index contributed by atoms with van der Waals surface area (Å²) in [6, 6.07) is 18.0. The molecule has 2 aliphatic carbocycles. The Kier molecular flexibility index (Phi) is 2.17. The monoisotopic (exact) mass is 261 g/mol. The zero-order valence-corrected chi connectivity index (χ0v) is 12.7. The fraction of sp³-hybridized carbons (Fsp3) is 0.350. The molecule has 0 heterocycles. The zero-order chi connectivity index (χ0) is 14.1. The summed E-state index contributed by atoms with van der Waals surface area (Å²) in [5.41, 5.74) is 6.52. The van der Waals surface area contributed by atoms with Gasteiger partial charge in [-0.05, 0) is 33.6 Å². The van der Waals surface area contributed by atoms with Gasteiger partial charge in [0.1, 0.15) is 0 Å². The van der Waals surface area contributed by atoms with Crippen LogP contribution in [0, 0.1) is 11.3 Å². The predicted octanol–water partition coefficient (Wildman–Crippen LogP) is 5.07. The van der Waals surface area contributed by atoms with E-state index in [-0.39, 0.29) is 10.8 Å². The molecule has 1 spiro atoms. The van der Waals surface area contributed by atoms with E-state index < -0.39 is 0 Å². The SMILES string of the molecule is C[C]1C(C(C)(C)C)c2ccccc2C12c1ccccc12. The molecule has 1 radical (unpaired) electrons. The first-order valence-electron chi connectivity index (χ1n) is 7.52. The second-order valence-electron chi connectivity index (χ2n) is 7.36. The van der Waals surface area contributed by atoms with Crippen molar-refractivity contribution in [2.24, 2.45) is 5.41 Å². The molecule has 1 atom stereocenters. The van der Waals surface area contributed by atoms with E-state index in [4.69, 9.17) is 0 Å². The minimum absolute atomic E-state index is 0.137. The summed E-state index contributed by atoms with van der Waals surface area (Å²) in [5.74, 6) is 2.17. The van der Waals surface area contributed by atoms with Gasteiger partial charge in [0.2, 0.25) is 0 Å². The van der Waals surface area contributed by atoms with Gasteiger partial charge >= 0.3 is 0 Å². The van der Waals surface area contributed by atoms with Gasteiger partial charge in [0.15, 0.2) is 0 Å². The second-order valence-corrected chi connectivity index (χ2v) is 7.36. The fourth-order valence-corrected chi connectivity index (χ4v) is 4.64. The zero-order valence-electron chi connectivity index (χ0n) is 12.7. The molecule has 0 nitrogen and oxygen atoms in total. The highest BCUT2D eigenvalue weighted by Crippen LogP contribution is 2.70. The number of rotatable bonds is 0. The molecule has 0 saturated carbocycles. The molecule has 2 aromatic rings. The third kappa shape index (κ3) is 1.23. The number of benzene rings is 2. The van der Waals surface area contributed by atoms with E-state index in [1.54, 1.807) is 5.92 Å². The van der Waals surface area contributed by atoms with Gasteiger partial charge in [-0.1, -0.05) is 76.2 Å². The number of hydrogen-bond acceptors (Lipinski definition) is 0. The van der Waals surface area contributed by atoms with Crippen molar-refractivity contribution in [1.82, 2.24) is 0 Å². The van der Waals surface area contributed by atoms with E-state index in [0.717, 1.165) is 0 Å². The minimum atomic E-state index is 0.137. The molecule has 0 aliphatic heterocycles. The van der Waals surface area contributed by atoms with E-state index in [1.807, 2.05) is 0 Å². The quantitative estimate of drug-likeness (QED) is 0.621. The summed E-state index contributed by atoms with van der Waals surface area (Å²) < 4.78 is 0. The first-order valence-corrected chi connectivity index (χ1v) is 7.52. The molecule has 0 fully saturated rings. The Morgan fingerprint density at radius 2 is 1.30 bits per heavy atom. The van der Waals surface area contributed by atoms with Crippen LogP contribution in [0.25, 0.3) is 0 Å². The van der Waals surface area contributed by atoms with Gasteiger partial charge in [0.05, 0.1) is 5.41 Å². The van der Waals surface area contributed by atoms with E-state index in [0.29, 0.717) is 5.92 Å². The van der Waals surface area contributed by atoms with Gasteiger partial charge < -0.3 is 0 Å². The van der Waals surface area contributed by atoms with Gasteiger partial charge in [0, 0.05) is 5.92 Å². The summed E-state index contributed by atoms with van der Waals surface area (Å²) in [5, 5.41) is 0. The van der Waals surface area contributed by atoms with Crippen LogP contribution >= 0.6 is 0 Å². The molecule has 0 heteroatoms. The highest BCUT2D eigenvalue weighted by molar-refractivity contribution is 5.78. The molecule has 1 unspecified atom stereocenters. The van der Waals surface area contributed by atoms with E-state index in [9.17, 15) is 0 Å². The summed E-state index contributed by atoms with van der Waals surface area (Å²) in [6.07, 6.45) is 0. The Morgan fingerprint density at radius 3 is 1.85 bits per heavy atom. The lowest BCUT2D eigenvalue weighted by molar-refractivity contribution is 0.330. The normalized spacial score (nSPS) is 22.7. The number of fused-ring (bicyclic) bond motifs is 5. The Morgan fingerprint density at radius 1 is 0.800 bits per heavy atom. The largest absolute Gasteiger partial charge is 0.0620 e. The molecule has 20 heavy (non-hydrogen) atoms. The Hall–Kier alpha value is -1.56. The molecular weight excluding hydrogens is 240 g/mol. The summed E-state index contributed by atoms with van der Waals surface area (Å²) in [4.78, 5) is 0. The van der Waals surface area contributed by atoms with Crippen LogP contribution in [0.15, 0.2) is 48.5 Å². The van der Waals surface area contributed by atoms with Crippen molar-refractivity contribution < 1.29 is 0 Å². The van der Waals surface area contributed by atoms with E-state index >= 15 is 0 Å². The maximum atomic E-state index is 2.37. The lowest BCUT2D eigenvalue weighted by Crippen LogP contribution is -2.24. The minimum Gasteiger partial charge on any atom is -0.0620 e. The Labute approximate surface area is 121 Å². The third-order valence-electron chi connectivity index (χ3n) is 5.24. The topological polar surface area (TPSA) is 0 Å². The summed E-state index contributed by atoms with van der Waals surface area (Å²) >= 11 is 0. The van der Waals surface area contributed by atoms with Crippen molar-refractivity contribution in [3.05, 3.63) is 76.7 Å². The van der Waals surface area contributed by atoms with Gasteiger partial charge in [-0.25, -0.2) is 0 Å². The lowest BCUT2D eigenvalue weighted by atomic mass is 9.70. The van der Waals surface area contributed by atoms with Crippen molar-refractivity contribution >= 4 is 0 Å². The predicted molar refractivity (Wildman–Crippen MR) is 83.9 cm³/mol. The molecule has 0 bridgehead atoms. The molecule has 4 rings (SSSR count). The van der Waals surface area contributed by atoms with Crippen LogP contribution in [0.2, 0.25) is 0 Å². The second kappa shape index (κ2) is 3.55. The standard InChI is InChI=1S/C20H21/c1-13-18(19(2,3)4)14-9-5-6-10-15(14)20(13)16-11-7-8-12-17(16)20/h5-12,18H,1-4H3. The van der Waals surface area contributed by atoms with Crippen molar-refractivity contribution in [3.63, 3.8) is 0 Å². The smallest absolute Gasteiger partial charge is 0.0525 e. The summed E-state index contributed by atoms with van der Waals surface area (Å²) in [7, 11) is 0. The molecule has 2 aliphatic rings. The first-order chi connectivity index (χ1) is 9.49. The van der Waals surface area contributed by atoms with Crippen molar-refractivity contribution in [2.45, 2.75) is 39.0 Å². The average Bonchev–Trinajstić information content (AvgIpc) is 2.99. The van der Waals surface area contributed by atoms with Crippen LogP contribution in [0.1, 0.15) is 55.9 Å². The molecule has 0 saturated heterocycles. The highest BCUT2D eigenvalue weighted by Gasteiger charge is 2.63. The molecular formula is C20H21. The molecule has 101 valence electrons. The highest BCUT2D eigenvalue weighted by atomic mass is 14.6. The van der Waals surface area contributed by atoms with E-state index in [1.165, 1.54) is 22.3 Å². The maximum Gasteiger partial charge on any atom is 0.0525 e. The van der Waals surface area contributed by atoms with Gasteiger partial charge in [-0.15, -0.1) is 0 Å². The van der Waals surface area contributed by atoms with Crippen LogP contribution in [0.3, 0.4) is 0 Å². The lowest BCUT2D eigenvalue weighted by Gasteiger charge is -2.33.